The molecule has 2 fully saturated rings. The average molecular weight is 568 g/mol. The lowest BCUT2D eigenvalue weighted by Crippen LogP contribution is -2.67. The normalized spacial score (nSPS) is 20.4. The van der Waals surface area contributed by atoms with Crippen LogP contribution < -0.4 is 15.4 Å². The van der Waals surface area contributed by atoms with Gasteiger partial charge in [0.2, 0.25) is 0 Å². The van der Waals surface area contributed by atoms with E-state index in [9.17, 15) is 27.2 Å². The van der Waals surface area contributed by atoms with E-state index in [-0.39, 0.29) is 44.6 Å². The summed E-state index contributed by atoms with van der Waals surface area (Å²) in [4.78, 5) is 27.1. The number of ether oxygens (including phenoxy) is 3. The number of benzene rings is 2. The van der Waals surface area contributed by atoms with Crippen LogP contribution in [-0.2, 0) is 19.9 Å². The van der Waals surface area contributed by atoms with Gasteiger partial charge in [-0.25, -0.2) is 9.18 Å². The SMILES string of the molecule is COCCCOc1cc(F)ccc1[C@@H]1CNC(=O)NC12CCN(C(=O)[C@](OC)(c1ccccc1)C(F)(F)F)CC2. The molecule has 0 aliphatic carbocycles. The minimum absolute atomic E-state index is 0.0607. The fourth-order valence-corrected chi connectivity index (χ4v) is 5.67. The number of hydrogen-bond donors (Lipinski definition) is 2. The van der Waals surface area contributed by atoms with Crippen molar-refractivity contribution in [1.29, 1.82) is 0 Å². The van der Waals surface area contributed by atoms with Crippen LogP contribution in [0.15, 0.2) is 48.5 Å². The Morgan fingerprint density at radius 3 is 2.40 bits per heavy atom. The summed E-state index contributed by atoms with van der Waals surface area (Å²) in [6.07, 6.45) is -4.10. The first kappa shape index (κ1) is 29.6. The molecule has 40 heavy (non-hydrogen) atoms. The number of alkyl halides is 3. The molecule has 2 aromatic rings. The number of urea groups is 1. The third kappa shape index (κ3) is 5.60. The summed E-state index contributed by atoms with van der Waals surface area (Å²) in [5.74, 6) is -1.79. The number of piperidine rings is 1. The second-order valence-corrected chi connectivity index (χ2v) is 9.96. The second-order valence-electron chi connectivity index (χ2n) is 9.96. The zero-order valence-electron chi connectivity index (χ0n) is 22.4. The van der Waals surface area contributed by atoms with Gasteiger partial charge < -0.3 is 29.7 Å². The van der Waals surface area contributed by atoms with Crippen LogP contribution in [0.5, 0.6) is 5.75 Å². The zero-order valence-corrected chi connectivity index (χ0v) is 22.4. The summed E-state index contributed by atoms with van der Waals surface area (Å²) in [6.45, 7) is 0.823. The van der Waals surface area contributed by atoms with Crippen LogP contribution in [0.3, 0.4) is 0 Å². The molecule has 0 saturated carbocycles. The quantitative estimate of drug-likeness (QED) is 0.352. The highest BCUT2D eigenvalue weighted by atomic mass is 19.4. The Hall–Kier alpha value is -3.38. The second kappa shape index (κ2) is 12.0. The van der Waals surface area contributed by atoms with Crippen LogP contribution in [0.25, 0.3) is 0 Å². The largest absolute Gasteiger partial charge is 0.493 e. The van der Waals surface area contributed by atoms with Crippen molar-refractivity contribution in [3.63, 3.8) is 0 Å². The number of rotatable bonds is 9. The lowest BCUT2D eigenvalue weighted by molar-refractivity contribution is -0.270. The summed E-state index contributed by atoms with van der Waals surface area (Å²) in [7, 11) is 2.44. The molecule has 2 aliphatic heterocycles. The first-order valence-corrected chi connectivity index (χ1v) is 13.0. The van der Waals surface area contributed by atoms with Crippen molar-refractivity contribution < 1.29 is 41.4 Å². The van der Waals surface area contributed by atoms with Crippen LogP contribution >= 0.6 is 0 Å². The Labute approximate surface area is 230 Å². The highest BCUT2D eigenvalue weighted by Gasteiger charge is 2.64. The number of carbonyl (C=O) groups is 2. The van der Waals surface area contributed by atoms with Gasteiger partial charge in [0.05, 0.1) is 12.1 Å². The average Bonchev–Trinajstić information content (AvgIpc) is 2.92. The van der Waals surface area contributed by atoms with Gasteiger partial charge >= 0.3 is 12.2 Å². The molecule has 218 valence electrons. The summed E-state index contributed by atoms with van der Waals surface area (Å²) in [6, 6.07) is 10.6. The maximum Gasteiger partial charge on any atom is 0.430 e. The molecule has 1 spiro atoms. The minimum Gasteiger partial charge on any atom is -0.493 e. The van der Waals surface area contributed by atoms with Crippen molar-refractivity contribution in [3.05, 3.63) is 65.5 Å². The molecule has 2 saturated heterocycles. The molecule has 0 bridgehead atoms. The molecule has 2 N–H and O–H groups in total. The smallest absolute Gasteiger partial charge is 0.430 e. The van der Waals surface area contributed by atoms with E-state index in [4.69, 9.17) is 14.2 Å². The molecule has 0 unspecified atom stereocenters. The van der Waals surface area contributed by atoms with Crippen molar-refractivity contribution in [3.8, 4) is 5.75 Å². The van der Waals surface area contributed by atoms with Crippen molar-refractivity contribution >= 4 is 11.9 Å². The Balaban J connectivity index is 1.61. The fraction of sp³-hybridized carbons (Fsp3) is 0.500. The van der Waals surface area contributed by atoms with E-state index in [0.29, 0.717) is 24.3 Å². The number of nitrogens with one attached hydrogen (secondary N) is 2. The first-order chi connectivity index (χ1) is 19.1. The van der Waals surface area contributed by atoms with Gasteiger partial charge in [-0.15, -0.1) is 0 Å². The van der Waals surface area contributed by atoms with Gasteiger partial charge in [-0.05, 0) is 18.9 Å². The van der Waals surface area contributed by atoms with Crippen LogP contribution in [0.4, 0.5) is 22.4 Å². The minimum atomic E-state index is -5.02. The van der Waals surface area contributed by atoms with Gasteiger partial charge in [0.1, 0.15) is 11.6 Å². The highest BCUT2D eigenvalue weighted by Crippen LogP contribution is 2.46. The molecule has 2 atom stereocenters. The van der Waals surface area contributed by atoms with E-state index in [1.54, 1.807) is 19.2 Å². The molecule has 3 amide bonds. The number of nitrogens with zero attached hydrogens (tertiary/aromatic N) is 1. The lowest BCUT2D eigenvalue weighted by Gasteiger charge is -2.50. The van der Waals surface area contributed by atoms with Crippen LogP contribution in [0.2, 0.25) is 0 Å². The third-order valence-corrected chi connectivity index (χ3v) is 7.73. The highest BCUT2D eigenvalue weighted by molar-refractivity contribution is 5.88. The van der Waals surface area contributed by atoms with E-state index >= 15 is 0 Å². The fourth-order valence-electron chi connectivity index (χ4n) is 5.67. The Bertz CT molecular complexity index is 1190. The molecule has 8 nitrogen and oxygen atoms in total. The molecular formula is C28H33F4N3O5. The third-order valence-electron chi connectivity index (χ3n) is 7.73. The topological polar surface area (TPSA) is 89.1 Å². The van der Waals surface area contributed by atoms with Gasteiger partial charge in [-0.3, -0.25) is 4.79 Å². The van der Waals surface area contributed by atoms with Crippen molar-refractivity contribution in [2.45, 2.75) is 42.5 Å². The molecule has 2 aromatic carbocycles. The number of carbonyl (C=O) groups excluding carboxylic acids is 2. The number of likely N-dealkylation sites (tertiary alicyclic amines) is 1. The Morgan fingerprint density at radius 1 is 1.07 bits per heavy atom. The molecule has 0 aromatic heterocycles. The van der Waals surface area contributed by atoms with E-state index < -0.39 is 41.0 Å². The molecular weight excluding hydrogens is 534 g/mol. The molecule has 0 radical (unpaired) electrons. The zero-order chi connectivity index (χ0) is 29.0. The Morgan fingerprint density at radius 2 is 1.77 bits per heavy atom. The maximum absolute atomic E-state index is 14.5. The van der Waals surface area contributed by atoms with Crippen LogP contribution in [0.1, 0.15) is 36.3 Å². The molecule has 12 heteroatoms. The summed E-state index contributed by atoms with van der Waals surface area (Å²) < 4.78 is 73.5. The van der Waals surface area contributed by atoms with Gasteiger partial charge in [-0.2, -0.15) is 13.2 Å². The first-order valence-electron chi connectivity index (χ1n) is 13.0. The van der Waals surface area contributed by atoms with Crippen LogP contribution in [0, 0.1) is 5.82 Å². The van der Waals surface area contributed by atoms with E-state index in [2.05, 4.69) is 10.6 Å². The molecule has 2 heterocycles. The van der Waals surface area contributed by atoms with E-state index in [1.807, 2.05) is 0 Å². The summed E-state index contributed by atoms with van der Waals surface area (Å²) in [5, 5.41) is 5.72. The number of amides is 3. The monoisotopic (exact) mass is 567 g/mol. The maximum atomic E-state index is 14.5. The predicted molar refractivity (Wildman–Crippen MR) is 137 cm³/mol. The summed E-state index contributed by atoms with van der Waals surface area (Å²) >= 11 is 0. The Kier molecular flexibility index (Phi) is 8.89. The van der Waals surface area contributed by atoms with Crippen molar-refractivity contribution in [2.24, 2.45) is 0 Å². The van der Waals surface area contributed by atoms with E-state index in [0.717, 1.165) is 12.0 Å². The van der Waals surface area contributed by atoms with E-state index in [1.165, 1.54) is 36.4 Å². The number of methoxy groups -OCH3 is 2. The predicted octanol–water partition coefficient (Wildman–Crippen LogP) is 4.10. The van der Waals surface area contributed by atoms with Gasteiger partial charge in [0, 0.05) is 70.0 Å². The number of hydrogen-bond acceptors (Lipinski definition) is 5. The molecule has 2 aliphatic rings. The summed E-state index contributed by atoms with van der Waals surface area (Å²) in [5.41, 5.74) is -3.74. The number of halogens is 4. The van der Waals surface area contributed by atoms with Crippen LogP contribution in [-0.4, -0.2) is 75.6 Å². The van der Waals surface area contributed by atoms with Crippen molar-refractivity contribution in [1.82, 2.24) is 15.5 Å². The van der Waals surface area contributed by atoms with Gasteiger partial charge in [0.25, 0.3) is 11.5 Å². The molecule has 4 rings (SSSR count). The van der Waals surface area contributed by atoms with Crippen molar-refractivity contribution in [2.75, 3.05) is 47.1 Å². The standard InChI is InChI=1S/C28H33F4N3O5/c1-38-15-6-16-40-23-17-20(29)9-10-21(23)22-18-33-25(37)34-26(22)11-13-35(14-12-26)24(36)27(39-2,28(30,31)32)19-7-4-3-5-8-19/h3-5,7-10,17,22H,6,11-16,18H2,1-2H3,(H2,33,34,37)/t22-,27+/m0/s1. The van der Waals surface area contributed by atoms with Gasteiger partial charge in [-0.1, -0.05) is 36.4 Å². The van der Waals surface area contributed by atoms with Gasteiger partial charge in [0.15, 0.2) is 0 Å². The lowest BCUT2D eigenvalue weighted by atomic mass is 9.71.